The molecule has 1 unspecified atom stereocenters. The Morgan fingerprint density at radius 1 is 1.15 bits per heavy atom. The van der Waals surface area contributed by atoms with Crippen LogP contribution < -0.4 is 19.7 Å². The first-order chi connectivity index (χ1) is 12.8. The first-order valence-electron chi connectivity index (χ1n) is 8.59. The Morgan fingerprint density at radius 3 is 2.52 bits per heavy atom. The van der Waals surface area contributed by atoms with Crippen LogP contribution in [-0.2, 0) is 9.84 Å². The molecule has 8 nitrogen and oxygen atoms in total. The molecule has 9 heteroatoms. The Hall–Kier alpha value is -2.55. The number of aromatic nitrogens is 2. The minimum absolute atomic E-state index is 0.0711. The number of nitrogens with one attached hydrogen (secondary N) is 1. The molecule has 1 aliphatic heterocycles. The summed E-state index contributed by atoms with van der Waals surface area (Å²) in [5.74, 6) is 2.74. The van der Waals surface area contributed by atoms with Crippen molar-refractivity contribution >= 4 is 27.3 Å². The van der Waals surface area contributed by atoms with Gasteiger partial charge in [0.1, 0.15) is 5.82 Å². The van der Waals surface area contributed by atoms with E-state index in [1.165, 1.54) is 0 Å². The van der Waals surface area contributed by atoms with Crippen molar-refractivity contribution in [3.8, 4) is 11.5 Å². The second-order valence-corrected chi connectivity index (χ2v) is 8.78. The van der Waals surface area contributed by atoms with E-state index in [0.29, 0.717) is 29.7 Å². The molecule has 1 saturated heterocycles. The molecule has 2 aromatic rings. The molecule has 1 aliphatic rings. The van der Waals surface area contributed by atoms with Crippen LogP contribution in [0.3, 0.4) is 0 Å². The summed E-state index contributed by atoms with van der Waals surface area (Å²) >= 11 is 0. The molecule has 0 radical (unpaired) electrons. The van der Waals surface area contributed by atoms with Gasteiger partial charge in [-0.05, 0) is 25.5 Å². The first-order valence-corrected chi connectivity index (χ1v) is 10.4. The number of rotatable bonds is 6. The fourth-order valence-electron chi connectivity index (χ4n) is 3.10. The highest BCUT2D eigenvalue weighted by Gasteiger charge is 2.31. The lowest BCUT2D eigenvalue weighted by molar-refractivity contribution is 0.355. The van der Waals surface area contributed by atoms with Gasteiger partial charge in [0, 0.05) is 36.6 Å². The Kier molecular flexibility index (Phi) is 5.41. The van der Waals surface area contributed by atoms with E-state index in [-0.39, 0.29) is 17.5 Å². The van der Waals surface area contributed by atoms with Gasteiger partial charge in [-0.3, -0.25) is 0 Å². The highest BCUT2D eigenvalue weighted by Crippen LogP contribution is 2.31. The third-order valence-corrected chi connectivity index (χ3v) is 6.35. The van der Waals surface area contributed by atoms with Crippen LogP contribution in [0.4, 0.5) is 17.5 Å². The predicted molar refractivity (Wildman–Crippen MR) is 105 cm³/mol. The Labute approximate surface area is 159 Å². The van der Waals surface area contributed by atoms with Gasteiger partial charge in [0.2, 0.25) is 5.95 Å². The van der Waals surface area contributed by atoms with Crippen molar-refractivity contribution in [1.29, 1.82) is 0 Å². The maximum Gasteiger partial charge on any atom is 0.229 e. The van der Waals surface area contributed by atoms with Gasteiger partial charge < -0.3 is 19.7 Å². The van der Waals surface area contributed by atoms with Gasteiger partial charge in [-0.1, -0.05) is 0 Å². The van der Waals surface area contributed by atoms with Gasteiger partial charge in [-0.25, -0.2) is 13.4 Å². The highest BCUT2D eigenvalue weighted by atomic mass is 32.2. The summed E-state index contributed by atoms with van der Waals surface area (Å²) in [4.78, 5) is 10.9. The van der Waals surface area contributed by atoms with Crippen LogP contribution in [0.1, 0.15) is 12.1 Å². The molecular weight excluding hydrogens is 368 g/mol. The molecule has 27 heavy (non-hydrogen) atoms. The fourth-order valence-corrected chi connectivity index (χ4v) is 4.87. The lowest BCUT2D eigenvalue weighted by Crippen LogP contribution is -2.33. The second-order valence-electron chi connectivity index (χ2n) is 6.55. The molecule has 0 bridgehead atoms. The number of anilines is 3. The zero-order chi connectivity index (χ0) is 19.6. The molecular formula is C18H24N4O4S. The topological polar surface area (TPSA) is 93.7 Å². The molecule has 1 aromatic carbocycles. The lowest BCUT2D eigenvalue weighted by Gasteiger charge is -2.25. The number of nitrogens with zero attached hydrogens (tertiary/aromatic N) is 3. The molecule has 2 heterocycles. The molecule has 1 N–H and O–H groups in total. The standard InChI is InChI=1S/C18H24N4O4S/c1-12-9-17(22(2)14-7-8-27(23,24)11-14)21-18(19-12)20-13-5-6-15(25-3)16(10-13)26-4/h5-6,9-10,14H,7-8,11H2,1-4H3,(H,19,20,21). The lowest BCUT2D eigenvalue weighted by atomic mass is 10.2. The smallest absolute Gasteiger partial charge is 0.229 e. The van der Waals surface area contributed by atoms with Crippen molar-refractivity contribution in [2.45, 2.75) is 19.4 Å². The van der Waals surface area contributed by atoms with Gasteiger partial charge in [0.05, 0.1) is 25.7 Å². The number of ether oxygens (including phenoxy) is 2. The second kappa shape index (κ2) is 7.59. The minimum atomic E-state index is -2.96. The summed E-state index contributed by atoms with van der Waals surface area (Å²) < 4.78 is 34.1. The van der Waals surface area contributed by atoms with Crippen LogP contribution in [0.25, 0.3) is 0 Å². The first kappa shape index (κ1) is 19.2. The van der Waals surface area contributed by atoms with E-state index in [9.17, 15) is 8.42 Å². The van der Waals surface area contributed by atoms with Gasteiger partial charge in [-0.15, -0.1) is 0 Å². The van der Waals surface area contributed by atoms with E-state index in [0.717, 1.165) is 11.4 Å². The molecule has 0 aliphatic carbocycles. The molecule has 1 fully saturated rings. The monoisotopic (exact) mass is 392 g/mol. The van der Waals surface area contributed by atoms with Crippen molar-refractivity contribution in [3.05, 3.63) is 30.0 Å². The molecule has 0 spiro atoms. The number of aryl methyl sites for hydroxylation is 1. The van der Waals surface area contributed by atoms with Gasteiger partial charge in [0.25, 0.3) is 0 Å². The van der Waals surface area contributed by atoms with E-state index in [1.807, 2.05) is 31.0 Å². The zero-order valence-corrected chi connectivity index (χ0v) is 16.7. The Bertz CT molecular complexity index is 933. The van der Waals surface area contributed by atoms with Crippen LogP contribution in [0.5, 0.6) is 11.5 Å². The van der Waals surface area contributed by atoms with Crippen molar-refractivity contribution in [1.82, 2.24) is 9.97 Å². The average molecular weight is 392 g/mol. The van der Waals surface area contributed by atoms with E-state index >= 15 is 0 Å². The van der Waals surface area contributed by atoms with E-state index in [1.54, 1.807) is 26.4 Å². The number of sulfone groups is 1. The molecule has 3 rings (SSSR count). The normalized spacial score (nSPS) is 18.1. The van der Waals surface area contributed by atoms with Gasteiger partial charge in [0.15, 0.2) is 21.3 Å². The van der Waals surface area contributed by atoms with Crippen LogP contribution in [0.15, 0.2) is 24.3 Å². The number of hydrogen-bond donors (Lipinski definition) is 1. The summed E-state index contributed by atoms with van der Waals surface area (Å²) in [6.45, 7) is 1.88. The minimum Gasteiger partial charge on any atom is -0.493 e. The third-order valence-electron chi connectivity index (χ3n) is 4.60. The van der Waals surface area contributed by atoms with Crippen molar-refractivity contribution in [3.63, 3.8) is 0 Å². The highest BCUT2D eigenvalue weighted by molar-refractivity contribution is 7.91. The maximum atomic E-state index is 11.8. The summed E-state index contributed by atoms with van der Waals surface area (Å²) in [5.41, 5.74) is 1.55. The van der Waals surface area contributed by atoms with Crippen molar-refractivity contribution in [2.24, 2.45) is 0 Å². The Morgan fingerprint density at radius 2 is 1.89 bits per heavy atom. The van der Waals surface area contributed by atoms with E-state index in [4.69, 9.17) is 9.47 Å². The van der Waals surface area contributed by atoms with Gasteiger partial charge >= 0.3 is 0 Å². The largest absolute Gasteiger partial charge is 0.493 e. The van der Waals surface area contributed by atoms with E-state index in [2.05, 4.69) is 15.3 Å². The van der Waals surface area contributed by atoms with E-state index < -0.39 is 9.84 Å². The van der Waals surface area contributed by atoms with Crippen LogP contribution in [-0.4, -0.2) is 57.2 Å². The average Bonchev–Trinajstić information content (AvgIpc) is 3.00. The number of hydrogen-bond acceptors (Lipinski definition) is 8. The summed E-state index contributed by atoms with van der Waals surface area (Å²) in [5, 5.41) is 3.17. The molecule has 0 amide bonds. The maximum absolute atomic E-state index is 11.8. The summed E-state index contributed by atoms with van der Waals surface area (Å²) in [6.07, 6.45) is 0.611. The van der Waals surface area contributed by atoms with Crippen molar-refractivity contribution in [2.75, 3.05) is 43.0 Å². The molecule has 0 saturated carbocycles. The fraction of sp³-hybridized carbons (Fsp3) is 0.444. The summed E-state index contributed by atoms with van der Waals surface area (Å²) in [6, 6.07) is 7.23. The predicted octanol–water partition coefficient (Wildman–Crippen LogP) is 2.17. The third kappa shape index (κ3) is 4.41. The molecule has 146 valence electrons. The number of methoxy groups -OCH3 is 2. The van der Waals surface area contributed by atoms with Crippen LogP contribution >= 0.6 is 0 Å². The quantitative estimate of drug-likeness (QED) is 0.799. The molecule has 1 atom stereocenters. The van der Waals surface area contributed by atoms with Crippen LogP contribution in [0.2, 0.25) is 0 Å². The summed E-state index contributed by atoms with van der Waals surface area (Å²) in [7, 11) is 2.07. The SMILES string of the molecule is COc1ccc(Nc2nc(C)cc(N(C)C3CCS(=O)(=O)C3)n2)cc1OC. The number of benzene rings is 1. The van der Waals surface area contributed by atoms with Crippen LogP contribution in [0, 0.1) is 6.92 Å². The zero-order valence-electron chi connectivity index (χ0n) is 15.9. The van der Waals surface area contributed by atoms with Gasteiger partial charge in [-0.2, -0.15) is 4.98 Å². The van der Waals surface area contributed by atoms with Crippen molar-refractivity contribution < 1.29 is 17.9 Å². The molecule has 1 aromatic heterocycles. The Balaban J connectivity index is 1.83.